The maximum atomic E-state index is 10.4. The molecule has 0 aliphatic rings. The van der Waals surface area contributed by atoms with Crippen LogP contribution < -0.4 is 0 Å². The topological polar surface area (TPSA) is 47.3 Å². The second-order valence-corrected chi connectivity index (χ2v) is 4.32. The van der Waals surface area contributed by atoms with Gasteiger partial charge in [-0.3, -0.25) is 0 Å². The zero-order valence-corrected chi connectivity index (χ0v) is 9.90. The van der Waals surface area contributed by atoms with Crippen LogP contribution in [0.2, 0.25) is 0 Å². The van der Waals surface area contributed by atoms with Gasteiger partial charge in [-0.2, -0.15) is 0 Å². The lowest BCUT2D eigenvalue weighted by molar-refractivity contribution is -0.0653. The van der Waals surface area contributed by atoms with Gasteiger partial charge in [-0.15, -0.1) is 0 Å². The van der Waals surface area contributed by atoms with Gasteiger partial charge in [-0.1, -0.05) is 13.8 Å². The first-order valence-electron chi connectivity index (χ1n) is 5.17. The van der Waals surface area contributed by atoms with Crippen LogP contribution >= 0.6 is 0 Å². The summed E-state index contributed by atoms with van der Waals surface area (Å²) in [4.78, 5) is 4.21. The number of imidazole rings is 1. The second-order valence-electron chi connectivity index (χ2n) is 4.32. The van der Waals surface area contributed by atoms with Crippen LogP contribution in [-0.4, -0.2) is 34.0 Å². The zero-order chi connectivity index (χ0) is 11.5. The van der Waals surface area contributed by atoms with E-state index in [9.17, 15) is 5.11 Å². The van der Waals surface area contributed by atoms with Crippen LogP contribution in [0.3, 0.4) is 0 Å². The van der Waals surface area contributed by atoms with Crippen LogP contribution in [-0.2, 0) is 18.2 Å². The Labute approximate surface area is 90.9 Å². The van der Waals surface area contributed by atoms with Gasteiger partial charge in [0.1, 0.15) is 5.82 Å². The number of ether oxygens (including phenoxy) is 1. The van der Waals surface area contributed by atoms with Crippen LogP contribution in [0.1, 0.15) is 19.7 Å². The molecule has 0 saturated carbocycles. The van der Waals surface area contributed by atoms with E-state index in [-0.39, 0.29) is 5.92 Å². The first-order valence-corrected chi connectivity index (χ1v) is 5.17. The highest BCUT2D eigenvalue weighted by atomic mass is 16.5. The molecule has 0 fully saturated rings. The lowest BCUT2D eigenvalue weighted by Gasteiger charge is -2.31. The first-order chi connectivity index (χ1) is 6.99. The summed E-state index contributed by atoms with van der Waals surface area (Å²) in [6.45, 7) is 4.31. The van der Waals surface area contributed by atoms with Crippen LogP contribution in [0.25, 0.3) is 0 Å². The fraction of sp³-hybridized carbons (Fsp3) is 0.727. The molecule has 1 rings (SSSR count). The fourth-order valence-corrected chi connectivity index (χ4v) is 1.51. The van der Waals surface area contributed by atoms with Crippen molar-refractivity contribution in [2.75, 3.05) is 13.7 Å². The third kappa shape index (κ3) is 2.79. The van der Waals surface area contributed by atoms with Crippen molar-refractivity contribution < 1.29 is 9.84 Å². The molecule has 15 heavy (non-hydrogen) atoms. The quantitative estimate of drug-likeness (QED) is 0.792. The lowest BCUT2D eigenvalue weighted by Crippen LogP contribution is -2.42. The predicted molar refractivity (Wildman–Crippen MR) is 58.6 cm³/mol. The number of aryl methyl sites for hydroxylation is 1. The number of aliphatic hydroxyl groups is 1. The molecule has 4 heteroatoms. The van der Waals surface area contributed by atoms with E-state index in [2.05, 4.69) is 4.98 Å². The monoisotopic (exact) mass is 212 g/mol. The fourth-order valence-electron chi connectivity index (χ4n) is 1.51. The van der Waals surface area contributed by atoms with Crippen LogP contribution in [0.4, 0.5) is 0 Å². The molecule has 1 unspecified atom stereocenters. The number of hydrogen-bond acceptors (Lipinski definition) is 3. The average molecular weight is 212 g/mol. The minimum absolute atomic E-state index is 0.133. The molecule has 1 atom stereocenters. The Morgan fingerprint density at radius 1 is 1.60 bits per heavy atom. The molecule has 0 aliphatic carbocycles. The number of aromatic nitrogens is 2. The standard InChI is InChI=1S/C11H20N2O2/c1-9(2)11(14,8-15-4)7-10-12-5-6-13(10)3/h5-6,9,14H,7-8H2,1-4H3. The maximum absolute atomic E-state index is 10.4. The maximum Gasteiger partial charge on any atom is 0.111 e. The molecule has 4 nitrogen and oxygen atoms in total. The normalized spacial score (nSPS) is 15.6. The predicted octanol–water partition coefficient (Wildman–Crippen LogP) is 0.996. The third-order valence-electron chi connectivity index (χ3n) is 2.85. The number of rotatable bonds is 5. The van der Waals surface area contributed by atoms with Crippen molar-refractivity contribution in [1.82, 2.24) is 9.55 Å². The summed E-state index contributed by atoms with van der Waals surface area (Å²) in [6.07, 6.45) is 4.13. The summed E-state index contributed by atoms with van der Waals surface area (Å²) in [6, 6.07) is 0. The van der Waals surface area contributed by atoms with Gasteiger partial charge >= 0.3 is 0 Å². The van der Waals surface area contributed by atoms with Gasteiger partial charge in [0.15, 0.2) is 0 Å². The van der Waals surface area contributed by atoms with E-state index in [1.54, 1.807) is 13.3 Å². The van der Waals surface area contributed by atoms with Crippen molar-refractivity contribution in [2.45, 2.75) is 25.9 Å². The third-order valence-corrected chi connectivity index (χ3v) is 2.85. The first kappa shape index (κ1) is 12.2. The molecule has 0 saturated heterocycles. The molecule has 0 bridgehead atoms. The SMILES string of the molecule is COCC(O)(Cc1nccn1C)C(C)C. The Kier molecular flexibility index (Phi) is 3.88. The van der Waals surface area contributed by atoms with Crippen molar-refractivity contribution in [3.8, 4) is 0 Å². The van der Waals surface area contributed by atoms with Gasteiger partial charge in [0, 0.05) is 33.0 Å². The lowest BCUT2D eigenvalue weighted by atomic mass is 9.87. The summed E-state index contributed by atoms with van der Waals surface area (Å²) < 4.78 is 6.99. The highest BCUT2D eigenvalue weighted by Gasteiger charge is 2.32. The molecule has 0 radical (unpaired) electrons. The molecule has 0 aromatic carbocycles. The van der Waals surface area contributed by atoms with Crippen molar-refractivity contribution in [3.05, 3.63) is 18.2 Å². The summed E-state index contributed by atoms with van der Waals surface area (Å²) in [5, 5.41) is 10.4. The Bertz CT molecular complexity index is 309. The molecule has 0 spiro atoms. The van der Waals surface area contributed by atoms with E-state index in [1.807, 2.05) is 31.7 Å². The van der Waals surface area contributed by atoms with Gasteiger partial charge < -0.3 is 14.4 Å². The van der Waals surface area contributed by atoms with E-state index in [0.717, 1.165) is 5.82 Å². The van der Waals surface area contributed by atoms with Crippen molar-refractivity contribution in [1.29, 1.82) is 0 Å². The van der Waals surface area contributed by atoms with Gasteiger partial charge in [-0.05, 0) is 5.92 Å². The number of hydrogen-bond donors (Lipinski definition) is 1. The molecule has 0 aliphatic heterocycles. The van der Waals surface area contributed by atoms with Gasteiger partial charge in [-0.25, -0.2) is 4.98 Å². The molecule has 1 aromatic rings. The molecule has 1 N–H and O–H groups in total. The van der Waals surface area contributed by atoms with Crippen LogP contribution in [0.5, 0.6) is 0 Å². The molecule has 0 amide bonds. The van der Waals surface area contributed by atoms with Crippen molar-refractivity contribution in [2.24, 2.45) is 13.0 Å². The van der Waals surface area contributed by atoms with Crippen LogP contribution in [0.15, 0.2) is 12.4 Å². The molecular weight excluding hydrogens is 192 g/mol. The van der Waals surface area contributed by atoms with E-state index >= 15 is 0 Å². The van der Waals surface area contributed by atoms with E-state index < -0.39 is 5.60 Å². The Balaban J connectivity index is 2.79. The Hall–Kier alpha value is -0.870. The Morgan fingerprint density at radius 2 is 2.27 bits per heavy atom. The zero-order valence-electron chi connectivity index (χ0n) is 9.90. The van der Waals surface area contributed by atoms with E-state index in [4.69, 9.17) is 4.74 Å². The number of methoxy groups -OCH3 is 1. The highest BCUT2D eigenvalue weighted by molar-refractivity contribution is 4.99. The summed E-state index contributed by atoms with van der Waals surface area (Å²) in [7, 11) is 3.53. The van der Waals surface area contributed by atoms with Gasteiger partial charge in [0.2, 0.25) is 0 Å². The summed E-state index contributed by atoms with van der Waals surface area (Å²) in [5.41, 5.74) is -0.839. The van der Waals surface area contributed by atoms with Gasteiger partial charge in [0.25, 0.3) is 0 Å². The van der Waals surface area contributed by atoms with E-state index in [0.29, 0.717) is 13.0 Å². The second kappa shape index (κ2) is 4.77. The molecule has 86 valence electrons. The van der Waals surface area contributed by atoms with Crippen molar-refractivity contribution in [3.63, 3.8) is 0 Å². The minimum Gasteiger partial charge on any atom is -0.387 e. The molecule has 1 heterocycles. The average Bonchev–Trinajstić information content (AvgIpc) is 2.52. The smallest absolute Gasteiger partial charge is 0.111 e. The summed E-state index contributed by atoms with van der Waals surface area (Å²) in [5.74, 6) is 1.01. The van der Waals surface area contributed by atoms with Crippen LogP contribution in [0, 0.1) is 5.92 Å². The minimum atomic E-state index is -0.839. The van der Waals surface area contributed by atoms with Gasteiger partial charge in [0.05, 0.1) is 12.2 Å². The largest absolute Gasteiger partial charge is 0.387 e. The number of nitrogens with zero attached hydrogens (tertiary/aromatic N) is 2. The summed E-state index contributed by atoms with van der Waals surface area (Å²) >= 11 is 0. The van der Waals surface area contributed by atoms with Crippen molar-refractivity contribution >= 4 is 0 Å². The Morgan fingerprint density at radius 3 is 2.67 bits per heavy atom. The molecular formula is C11H20N2O2. The van der Waals surface area contributed by atoms with E-state index in [1.165, 1.54) is 0 Å². The highest BCUT2D eigenvalue weighted by Crippen LogP contribution is 2.21. The molecule has 1 aromatic heterocycles.